The number of aryl methyl sites for hydroxylation is 1. The van der Waals surface area contributed by atoms with Crippen molar-refractivity contribution in [3.05, 3.63) is 41.6 Å². The lowest BCUT2D eigenvalue weighted by atomic mass is 10.2. The average molecular weight is 317 g/mol. The molecule has 0 saturated carbocycles. The van der Waals surface area contributed by atoms with E-state index >= 15 is 0 Å². The van der Waals surface area contributed by atoms with Crippen molar-refractivity contribution in [2.24, 2.45) is 0 Å². The zero-order chi connectivity index (χ0) is 16.8. The molecule has 0 atom stereocenters. The van der Waals surface area contributed by atoms with E-state index in [0.717, 1.165) is 5.56 Å². The van der Waals surface area contributed by atoms with Crippen LogP contribution in [0.15, 0.2) is 30.5 Å². The molecule has 1 N–H and O–H groups in total. The van der Waals surface area contributed by atoms with Crippen molar-refractivity contribution in [1.29, 1.82) is 0 Å². The van der Waals surface area contributed by atoms with Crippen LogP contribution in [0, 0.1) is 6.92 Å². The van der Waals surface area contributed by atoms with E-state index in [1.807, 2.05) is 38.1 Å². The Morgan fingerprint density at radius 1 is 1.30 bits per heavy atom. The number of ether oxygens (including phenoxy) is 2. The quantitative estimate of drug-likeness (QED) is 0.838. The van der Waals surface area contributed by atoms with Crippen molar-refractivity contribution in [3.63, 3.8) is 0 Å². The van der Waals surface area contributed by atoms with Gasteiger partial charge in [0.25, 0.3) is 0 Å². The molecule has 2 rings (SSSR count). The fourth-order valence-corrected chi connectivity index (χ4v) is 1.74. The molecule has 0 aliphatic carbocycles. The normalized spacial score (nSPS) is 10.6. The Hall–Kier alpha value is -2.67. The van der Waals surface area contributed by atoms with Gasteiger partial charge in [-0.2, -0.15) is 4.98 Å². The molecule has 1 aromatic heterocycles. The predicted octanol–water partition coefficient (Wildman–Crippen LogP) is 2.22. The highest BCUT2D eigenvalue weighted by atomic mass is 16.5. The van der Waals surface area contributed by atoms with Gasteiger partial charge < -0.3 is 19.5 Å². The standard InChI is InChI=1S/C16H19N3O4/c1-11-6-4-5-7-13(11)23-14-12(15(20)21)10-17-16(18-14)22-9-8-19(2)3/h4-7,10H,8-9H2,1-3H3,(H,20,21). The van der Waals surface area contributed by atoms with Crippen LogP contribution < -0.4 is 9.47 Å². The number of carboxylic acids is 1. The molecule has 122 valence electrons. The maximum Gasteiger partial charge on any atom is 0.342 e. The lowest BCUT2D eigenvalue weighted by molar-refractivity contribution is 0.0692. The summed E-state index contributed by atoms with van der Waals surface area (Å²) in [5.74, 6) is -0.664. The summed E-state index contributed by atoms with van der Waals surface area (Å²) < 4.78 is 11.1. The summed E-state index contributed by atoms with van der Waals surface area (Å²) in [5.41, 5.74) is 0.755. The van der Waals surface area contributed by atoms with Gasteiger partial charge in [-0.1, -0.05) is 18.2 Å². The van der Waals surface area contributed by atoms with Crippen LogP contribution in [0.2, 0.25) is 0 Å². The summed E-state index contributed by atoms with van der Waals surface area (Å²) in [5, 5.41) is 9.25. The highest BCUT2D eigenvalue weighted by Gasteiger charge is 2.17. The number of aromatic nitrogens is 2. The van der Waals surface area contributed by atoms with Crippen LogP contribution in [0.3, 0.4) is 0 Å². The number of hydrogen-bond donors (Lipinski definition) is 1. The second-order valence-electron chi connectivity index (χ2n) is 5.20. The molecular weight excluding hydrogens is 298 g/mol. The van der Waals surface area contributed by atoms with Gasteiger partial charge in [-0.25, -0.2) is 9.78 Å². The minimum atomic E-state index is -1.16. The van der Waals surface area contributed by atoms with Gasteiger partial charge in [0.1, 0.15) is 17.9 Å². The Labute approximate surface area is 134 Å². The molecule has 0 amide bonds. The Bertz CT molecular complexity index is 689. The largest absolute Gasteiger partial charge is 0.477 e. The lowest BCUT2D eigenvalue weighted by Gasteiger charge is -2.12. The third-order valence-corrected chi connectivity index (χ3v) is 3.03. The number of rotatable bonds is 7. The SMILES string of the molecule is Cc1ccccc1Oc1nc(OCCN(C)C)ncc1C(=O)O. The van der Waals surface area contributed by atoms with E-state index in [4.69, 9.17) is 9.47 Å². The topological polar surface area (TPSA) is 84.8 Å². The van der Waals surface area contributed by atoms with Crippen molar-refractivity contribution in [3.8, 4) is 17.6 Å². The Kier molecular flexibility index (Phi) is 5.48. The molecule has 0 radical (unpaired) electrons. The van der Waals surface area contributed by atoms with E-state index in [1.54, 1.807) is 12.1 Å². The first kappa shape index (κ1) is 16.7. The summed E-state index contributed by atoms with van der Waals surface area (Å²) in [7, 11) is 3.84. The fraction of sp³-hybridized carbons (Fsp3) is 0.312. The highest BCUT2D eigenvalue weighted by molar-refractivity contribution is 5.89. The smallest absolute Gasteiger partial charge is 0.342 e. The minimum Gasteiger partial charge on any atom is -0.477 e. The van der Waals surface area contributed by atoms with E-state index in [2.05, 4.69) is 9.97 Å². The molecule has 0 aliphatic rings. The van der Waals surface area contributed by atoms with Gasteiger partial charge in [0.15, 0.2) is 0 Å². The summed E-state index contributed by atoms with van der Waals surface area (Å²) in [4.78, 5) is 21.2. The number of carboxylic acid groups (broad SMARTS) is 1. The molecule has 0 bridgehead atoms. The molecular formula is C16H19N3O4. The summed E-state index contributed by atoms with van der Waals surface area (Å²) in [6, 6.07) is 7.37. The van der Waals surface area contributed by atoms with Crippen LogP contribution >= 0.6 is 0 Å². The second kappa shape index (κ2) is 7.55. The summed E-state index contributed by atoms with van der Waals surface area (Å²) in [6.45, 7) is 2.95. The van der Waals surface area contributed by atoms with E-state index in [-0.39, 0.29) is 17.5 Å². The van der Waals surface area contributed by atoms with E-state index in [0.29, 0.717) is 18.9 Å². The van der Waals surface area contributed by atoms with Crippen molar-refractivity contribution >= 4 is 5.97 Å². The molecule has 7 nitrogen and oxygen atoms in total. The zero-order valence-corrected chi connectivity index (χ0v) is 13.3. The van der Waals surface area contributed by atoms with E-state index < -0.39 is 5.97 Å². The average Bonchev–Trinajstić information content (AvgIpc) is 2.49. The Morgan fingerprint density at radius 3 is 2.70 bits per heavy atom. The zero-order valence-electron chi connectivity index (χ0n) is 13.3. The number of nitrogens with zero attached hydrogens (tertiary/aromatic N) is 3. The maximum atomic E-state index is 11.3. The molecule has 7 heteroatoms. The molecule has 1 heterocycles. The van der Waals surface area contributed by atoms with Gasteiger partial charge >= 0.3 is 12.0 Å². The number of hydrogen-bond acceptors (Lipinski definition) is 6. The van der Waals surface area contributed by atoms with Crippen LogP contribution in [0.1, 0.15) is 15.9 Å². The molecule has 0 saturated heterocycles. The summed E-state index contributed by atoms with van der Waals surface area (Å²) in [6.07, 6.45) is 1.19. The molecule has 0 fully saturated rings. The van der Waals surface area contributed by atoms with Gasteiger partial charge in [-0.3, -0.25) is 0 Å². The van der Waals surface area contributed by atoms with Crippen LogP contribution in [-0.4, -0.2) is 53.2 Å². The first-order chi connectivity index (χ1) is 11.0. The van der Waals surface area contributed by atoms with E-state index in [9.17, 15) is 9.90 Å². The van der Waals surface area contributed by atoms with Crippen molar-refractivity contribution in [2.75, 3.05) is 27.2 Å². The van der Waals surface area contributed by atoms with E-state index in [1.165, 1.54) is 6.20 Å². The van der Waals surface area contributed by atoms with Gasteiger partial charge in [-0.05, 0) is 32.6 Å². The molecule has 2 aromatic rings. The number of benzene rings is 1. The van der Waals surface area contributed by atoms with Crippen LogP contribution in [0.4, 0.5) is 0 Å². The third-order valence-electron chi connectivity index (χ3n) is 3.03. The Morgan fingerprint density at radius 2 is 2.04 bits per heavy atom. The minimum absolute atomic E-state index is 0.0401. The number of para-hydroxylation sites is 1. The molecule has 0 spiro atoms. The van der Waals surface area contributed by atoms with Gasteiger partial charge in [0.2, 0.25) is 5.88 Å². The fourth-order valence-electron chi connectivity index (χ4n) is 1.74. The number of aromatic carboxylic acids is 1. The van der Waals surface area contributed by atoms with Crippen LogP contribution in [-0.2, 0) is 0 Å². The summed E-state index contributed by atoms with van der Waals surface area (Å²) >= 11 is 0. The number of carbonyl (C=O) groups is 1. The highest BCUT2D eigenvalue weighted by Crippen LogP contribution is 2.27. The lowest BCUT2D eigenvalue weighted by Crippen LogP contribution is -2.20. The van der Waals surface area contributed by atoms with Crippen molar-refractivity contribution in [2.45, 2.75) is 6.92 Å². The third kappa shape index (κ3) is 4.65. The van der Waals surface area contributed by atoms with Gasteiger partial charge in [0, 0.05) is 6.54 Å². The van der Waals surface area contributed by atoms with Crippen LogP contribution in [0.25, 0.3) is 0 Å². The van der Waals surface area contributed by atoms with Crippen molar-refractivity contribution in [1.82, 2.24) is 14.9 Å². The van der Waals surface area contributed by atoms with Gasteiger partial charge in [0.05, 0.1) is 6.20 Å². The van der Waals surface area contributed by atoms with Crippen molar-refractivity contribution < 1.29 is 19.4 Å². The first-order valence-corrected chi connectivity index (χ1v) is 7.08. The molecule has 1 aromatic carbocycles. The molecule has 23 heavy (non-hydrogen) atoms. The molecule has 0 aliphatic heterocycles. The number of likely N-dealkylation sites (N-methyl/N-ethyl adjacent to an activating group) is 1. The second-order valence-corrected chi connectivity index (χ2v) is 5.20. The predicted molar refractivity (Wildman–Crippen MR) is 84.3 cm³/mol. The monoisotopic (exact) mass is 317 g/mol. The first-order valence-electron chi connectivity index (χ1n) is 7.08. The van der Waals surface area contributed by atoms with Crippen LogP contribution in [0.5, 0.6) is 17.6 Å². The molecule has 0 unspecified atom stereocenters. The maximum absolute atomic E-state index is 11.3. The van der Waals surface area contributed by atoms with Gasteiger partial charge in [-0.15, -0.1) is 0 Å². The Balaban J connectivity index is 2.24.